The molecular weight excluding hydrogens is 308 g/mol. The van der Waals surface area contributed by atoms with Crippen LogP contribution in [0.3, 0.4) is 0 Å². The molecule has 1 fully saturated rings. The van der Waals surface area contributed by atoms with E-state index in [1.807, 2.05) is 6.08 Å². The number of halogens is 4. The maximum Gasteiger partial charge on any atom is 0.573 e. The molecule has 0 amide bonds. The highest BCUT2D eigenvalue weighted by Gasteiger charge is 2.32. The Kier molecular flexibility index (Phi) is 5.85. The molecule has 2 rings (SSSR count). The van der Waals surface area contributed by atoms with Crippen molar-refractivity contribution in [1.29, 1.82) is 0 Å². The maximum absolute atomic E-state index is 13.8. The molecule has 0 N–H and O–H groups in total. The first-order valence-corrected chi connectivity index (χ1v) is 7.72. The van der Waals surface area contributed by atoms with Crippen molar-refractivity contribution in [1.82, 2.24) is 0 Å². The monoisotopic (exact) mass is 328 g/mol. The van der Waals surface area contributed by atoms with Gasteiger partial charge in [0.1, 0.15) is 0 Å². The maximum atomic E-state index is 13.8. The lowest BCUT2D eigenvalue weighted by molar-refractivity contribution is -0.275. The van der Waals surface area contributed by atoms with Gasteiger partial charge in [-0.2, -0.15) is 0 Å². The summed E-state index contributed by atoms with van der Waals surface area (Å²) < 4.78 is 53.9. The smallest absolute Gasteiger partial charge is 0.403 e. The standard InChI is InChI=1S/C18H20F4O/c1-2-3-4-5-13-6-8-14(9-7-13)15-10-11-17(16(19)12-15)23-18(20,21)22/h2-4,10-14H,1,5-9H2. The van der Waals surface area contributed by atoms with Gasteiger partial charge in [-0.3, -0.25) is 0 Å². The second kappa shape index (κ2) is 7.66. The van der Waals surface area contributed by atoms with E-state index in [-0.39, 0.29) is 5.92 Å². The van der Waals surface area contributed by atoms with Crippen molar-refractivity contribution in [3.8, 4) is 5.75 Å². The van der Waals surface area contributed by atoms with Crippen LogP contribution in [0.1, 0.15) is 43.6 Å². The molecular formula is C18H20F4O. The molecule has 1 saturated carbocycles. The molecule has 1 aliphatic rings. The van der Waals surface area contributed by atoms with Gasteiger partial charge in [0.15, 0.2) is 11.6 Å². The number of allylic oxidation sites excluding steroid dienone is 3. The predicted molar refractivity (Wildman–Crippen MR) is 81.7 cm³/mol. The number of benzene rings is 1. The van der Waals surface area contributed by atoms with Crippen LogP contribution < -0.4 is 4.74 Å². The van der Waals surface area contributed by atoms with Crippen molar-refractivity contribution in [2.75, 3.05) is 0 Å². The minimum absolute atomic E-state index is 0.198. The van der Waals surface area contributed by atoms with Crippen molar-refractivity contribution in [2.45, 2.75) is 44.4 Å². The zero-order chi connectivity index (χ0) is 16.9. The number of hydrogen-bond donors (Lipinski definition) is 0. The van der Waals surface area contributed by atoms with E-state index in [1.165, 1.54) is 12.1 Å². The van der Waals surface area contributed by atoms with E-state index >= 15 is 0 Å². The Hall–Kier alpha value is -1.78. The second-order valence-corrected chi connectivity index (χ2v) is 5.85. The second-order valence-electron chi connectivity index (χ2n) is 5.85. The van der Waals surface area contributed by atoms with Gasteiger partial charge in [0.05, 0.1) is 0 Å². The van der Waals surface area contributed by atoms with Gasteiger partial charge in [0.25, 0.3) is 0 Å². The molecule has 5 heteroatoms. The zero-order valence-electron chi connectivity index (χ0n) is 12.8. The van der Waals surface area contributed by atoms with Gasteiger partial charge in [-0.15, -0.1) is 13.2 Å². The molecule has 23 heavy (non-hydrogen) atoms. The molecule has 0 radical (unpaired) electrons. The summed E-state index contributed by atoms with van der Waals surface area (Å²) in [5, 5.41) is 0. The van der Waals surface area contributed by atoms with Crippen molar-refractivity contribution < 1.29 is 22.3 Å². The summed E-state index contributed by atoms with van der Waals surface area (Å²) in [7, 11) is 0. The van der Waals surface area contributed by atoms with Crippen LogP contribution >= 0.6 is 0 Å². The Morgan fingerprint density at radius 3 is 2.43 bits per heavy atom. The average molecular weight is 328 g/mol. The predicted octanol–water partition coefficient (Wildman–Crippen LogP) is 6.13. The van der Waals surface area contributed by atoms with Crippen LogP contribution in [-0.2, 0) is 0 Å². The molecule has 0 saturated heterocycles. The van der Waals surface area contributed by atoms with E-state index in [2.05, 4.69) is 17.4 Å². The Morgan fingerprint density at radius 2 is 1.87 bits per heavy atom. The highest BCUT2D eigenvalue weighted by molar-refractivity contribution is 5.31. The van der Waals surface area contributed by atoms with Crippen molar-refractivity contribution >= 4 is 0 Å². The number of hydrogen-bond acceptors (Lipinski definition) is 1. The third-order valence-corrected chi connectivity index (χ3v) is 4.24. The summed E-state index contributed by atoms with van der Waals surface area (Å²) in [6.45, 7) is 3.63. The largest absolute Gasteiger partial charge is 0.573 e. The first kappa shape index (κ1) is 17.6. The van der Waals surface area contributed by atoms with Gasteiger partial charge in [0.2, 0.25) is 0 Å². The first-order chi connectivity index (χ1) is 10.9. The average Bonchev–Trinajstić information content (AvgIpc) is 2.49. The summed E-state index contributed by atoms with van der Waals surface area (Å²) in [5.74, 6) is -0.926. The van der Waals surface area contributed by atoms with Crippen LogP contribution in [0.25, 0.3) is 0 Å². The quantitative estimate of drug-likeness (QED) is 0.466. The lowest BCUT2D eigenvalue weighted by atomic mass is 9.77. The van der Waals surface area contributed by atoms with Crippen molar-refractivity contribution in [3.05, 3.63) is 54.4 Å². The summed E-state index contributed by atoms with van der Waals surface area (Å²) in [6, 6.07) is 3.77. The lowest BCUT2D eigenvalue weighted by Crippen LogP contribution is -2.18. The van der Waals surface area contributed by atoms with E-state index in [1.54, 1.807) is 6.08 Å². The molecule has 1 aliphatic carbocycles. The number of ether oxygens (including phenoxy) is 1. The molecule has 0 unspecified atom stereocenters. The molecule has 0 atom stereocenters. The first-order valence-electron chi connectivity index (χ1n) is 7.72. The van der Waals surface area contributed by atoms with Crippen LogP contribution in [0.15, 0.2) is 43.0 Å². The minimum Gasteiger partial charge on any atom is -0.403 e. The van der Waals surface area contributed by atoms with Gasteiger partial charge < -0.3 is 4.74 Å². The number of rotatable bonds is 5. The third-order valence-electron chi connectivity index (χ3n) is 4.24. The van der Waals surface area contributed by atoms with Crippen LogP contribution in [0.5, 0.6) is 5.75 Å². The normalized spacial score (nSPS) is 22.3. The molecule has 0 bridgehead atoms. The van der Waals surface area contributed by atoms with Crippen LogP contribution in [0, 0.1) is 11.7 Å². The van der Waals surface area contributed by atoms with E-state index in [9.17, 15) is 17.6 Å². The van der Waals surface area contributed by atoms with Crippen molar-refractivity contribution in [2.24, 2.45) is 5.92 Å². The van der Waals surface area contributed by atoms with Gasteiger partial charge in [-0.05, 0) is 61.6 Å². The summed E-state index contributed by atoms with van der Waals surface area (Å²) >= 11 is 0. The van der Waals surface area contributed by atoms with Crippen LogP contribution in [-0.4, -0.2) is 6.36 Å². The van der Waals surface area contributed by atoms with Crippen molar-refractivity contribution in [3.63, 3.8) is 0 Å². The highest BCUT2D eigenvalue weighted by atomic mass is 19.4. The van der Waals surface area contributed by atoms with Gasteiger partial charge in [-0.25, -0.2) is 4.39 Å². The third kappa shape index (κ3) is 5.41. The fourth-order valence-corrected chi connectivity index (χ4v) is 3.08. The number of alkyl halides is 3. The molecule has 1 nitrogen and oxygen atoms in total. The fraction of sp³-hybridized carbons (Fsp3) is 0.444. The fourth-order valence-electron chi connectivity index (χ4n) is 3.08. The molecule has 0 heterocycles. The van der Waals surface area contributed by atoms with E-state index in [0.717, 1.165) is 43.7 Å². The van der Waals surface area contributed by atoms with E-state index in [4.69, 9.17) is 0 Å². The van der Waals surface area contributed by atoms with E-state index in [0.29, 0.717) is 5.92 Å². The molecule has 1 aromatic rings. The Balaban J connectivity index is 1.95. The topological polar surface area (TPSA) is 9.23 Å². The highest BCUT2D eigenvalue weighted by Crippen LogP contribution is 2.38. The zero-order valence-corrected chi connectivity index (χ0v) is 12.8. The summed E-state index contributed by atoms with van der Waals surface area (Å²) in [6.07, 6.45) is 5.83. The van der Waals surface area contributed by atoms with Gasteiger partial charge in [0, 0.05) is 0 Å². The molecule has 0 aliphatic heterocycles. The van der Waals surface area contributed by atoms with Gasteiger partial charge >= 0.3 is 6.36 Å². The lowest BCUT2D eigenvalue weighted by Gasteiger charge is -2.28. The Morgan fingerprint density at radius 1 is 1.17 bits per heavy atom. The SMILES string of the molecule is C=CC=CCC1CCC(c2ccc(OC(F)(F)F)c(F)c2)CC1. The Labute approximate surface area is 133 Å². The van der Waals surface area contributed by atoms with Crippen LogP contribution in [0.4, 0.5) is 17.6 Å². The van der Waals surface area contributed by atoms with E-state index < -0.39 is 17.9 Å². The van der Waals surface area contributed by atoms with Crippen LogP contribution in [0.2, 0.25) is 0 Å². The molecule has 1 aromatic carbocycles. The molecule has 0 spiro atoms. The Bertz CT molecular complexity index is 555. The van der Waals surface area contributed by atoms with Gasteiger partial charge in [-0.1, -0.05) is 30.9 Å². The summed E-state index contributed by atoms with van der Waals surface area (Å²) in [4.78, 5) is 0. The molecule has 126 valence electrons. The minimum atomic E-state index is -4.88. The summed E-state index contributed by atoms with van der Waals surface area (Å²) in [5.41, 5.74) is 0.747. The molecule has 0 aromatic heterocycles.